The van der Waals surface area contributed by atoms with Crippen LogP contribution in [-0.2, 0) is 10.0 Å². The average Bonchev–Trinajstić information content (AvgIpc) is 2.60. The van der Waals surface area contributed by atoms with Gasteiger partial charge < -0.3 is 5.32 Å². The number of nitrogens with one attached hydrogen (secondary N) is 1. The zero-order valence-electron chi connectivity index (χ0n) is 9.56. The lowest BCUT2D eigenvalue weighted by atomic mass is 9.99. The molecule has 2 rings (SSSR count). The van der Waals surface area contributed by atoms with Gasteiger partial charge in [0.05, 0.1) is 5.75 Å². The minimum Gasteiger partial charge on any atom is -0.311 e. The number of fused-ring (bicyclic) bond motifs is 1. The van der Waals surface area contributed by atoms with Crippen molar-refractivity contribution in [3.05, 3.63) is 0 Å². The lowest BCUT2D eigenvalue weighted by Crippen LogP contribution is -2.46. The molecular weight excluding hydrogens is 226 g/mol. The molecule has 94 valence electrons. The fraction of sp³-hybridized carbons (Fsp3) is 1.00. The first-order valence-electron chi connectivity index (χ1n) is 6.04. The first-order valence-corrected chi connectivity index (χ1v) is 7.76. The molecule has 0 saturated carbocycles. The van der Waals surface area contributed by atoms with E-state index in [0.29, 0.717) is 18.6 Å². The SMILES string of the molecule is NS(=O)(=O)CCNC1CCN2CCCCC12. The van der Waals surface area contributed by atoms with E-state index in [-0.39, 0.29) is 5.75 Å². The summed E-state index contributed by atoms with van der Waals surface area (Å²) < 4.78 is 21.6. The second kappa shape index (κ2) is 5.00. The van der Waals surface area contributed by atoms with E-state index in [9.17, 15) is 8.42 Å². The fourth-order valence-corrected chi connectivity index (χ4v) is 3.27. The van der Waals surface area contributed by atoms with Crippen LogP contribution in [0.1, 0.15) is 25.7 Å². The van der Waals surface area contributed by atoms with Gasteiger partial charge in [0.2, 0.25) is 10.0 Å². The van der Waals surface area contributed by atoms with Crippen molar-refractivity contribution in [1.29, 1.82) is 0 Å². The molecule has 0 aromatic heterocycles. The summed E-state index contributed by atoms with van der Waals surface area (Å²) in [5, 5.41) is 8.31. The largest absolute Gasteiger partial charge is 0.311 e. The highest BCUT2D eigenvalue weighted by molar-refractivity contribution is 7.89. The van der Waals surface area contributed by atoms with Crippen molar-refractivity contribution < 1.29 is 8.42 Å². The second-order valence-electron chi connectivity index (χ2n) is 4.82. The van der Waals surface area contributed by atoms with Gasteiger partial charge in [0.1, 0.15) is 0 Å². The number of primary sulfonamides is 1. The Kier molecular flexibility index (Phi) is 3.84. The number of nitrogens with two attached hydrogens (primary N) is 1. The predicted octanol–water partition coefficient (Wildman–Crippen LogP) is -0.509. The molecule has 0 amide bonds. The van der Waals surface area contributed by atoms with Gasteiger partial charge >= 0.3 is 0 Å². The number of hydrogen-bond acceptors (Lipinski definition) is 4. The van der Waals surface area contributed by atoms with Crippen LogP contribution in [0.4, 0.5) is 0 Å². The van der Waals surface area contributed by atoms with Gasteiger partial charge in [-0.1, -0.05) is 6.42 Å². The molecule has 2 atom stereocenters. The Balaban J connectivity index is 1.78. The smallest absolute Gasteiger partial charge is 0.210 e. The molecule has 2 heterocycles. The quantitative estimate of drug-likeness (QED) is 0.702. The molecule has 2 aliphatic rings. The first kappa shape index (κ1) is 12.3. The summed E-state index contributed by atoms with van der Waals surface area (Å²) in [7, 11) is -3.32. The van der Waals surface area contributed by atoms with Crippen molar-refractivity contribution in [2.75, 3.05) is 25.4 Å². The zero-order chi connectivity index (χ0) is 11.6. The van der Waals surface area contributed by atoms with Gasteiger partial charge in [0.15, 0.2) is 0 Å². The second-order valence-corrected chi connectivity index (χ2v) is 6.55. The standard InChI is InChI=1S/C10H21N3O2S/c11-16(14,15)8-5-12-9-4-7-13-6-2-1-3-10(9)13/h9-10,12H,1-8H2,(H2,11,14,15). The molecule has 5 nitrogen and oxygen atoms in total. The van der Waals surface area contributed by atoms with E-state index >= 15 is 0 Å². The minimum absolute atomic E-state index is 0.0379. The topological polar surface area (TPSA) is 75.4 Å². The highest BCUT2D eigenvalue weighted by atomic mass is 32.2. The van der Waals surface area contributed by atoms with Crippen LogP contribution in [0.2, 0.25) is 0 Å². The van der Waals surface area contributed by atoms with Gasteiger partial charge in [-0.25, -0.2) is 13.6 Å². The number of rotatable bonds is 4. The minimum atomic E-state index is -3.32. The highest BCUT2D eigenvalue weighted by Crippen LogP contribution is 2.26. The molecule has 0 bridgehead atoms. The Morgan fingerprint density at radius 3 is 2.81 bits per heavy atom. The van der Waals surface area contributed by atoms with Crippen LogP contribution in [0.3, 0.4) is 0 Å². The summed E-state index contributed by atoms with van der Waals surface area (Å²) in [5.74, 6) is 0.0379. The van der Waals surface area contributed by atoms with Gasteiger partial charge in [0, 0.05) is 25.2 Å². The van der Waals surface area contributed by atoms with Gasteiger partial charge in [-0.3, -0.25) is 4.90 Å². The molecule has 0 spiro atoms. The van der Waals surface area contributed by atoms with E-state index in [1.165, 1.54) is 25.8 Å². The molecule has 6 heteroatoms. The third-order valence-electron chi connectivity index (χ3n) is 3.65. The van der Waals surface area contributed by atoms with Crippen LogP contribution >= 0.6 is 0 Å². The van der Waals surface area contributed by atoms with Crippen LogP contribution < -0.4 is 10.5 Å². The van der Waals surface area contributed by atoms with Crippen molar-refractivity contribution in [2.45, 2.75) is 37.8 Å². The van der Waals surface area contributed by atoms with Crippen molar-refractivity contribution in [1.82, 2.24) is 10.2 Å². The molecule has 2 saturated heterocycles. The molecular formula is C10H21N3O2S. The Hall–Kier alpha value is -0.170. The maximum absolute atomic E-state index is 10.8. The van der Waals surface area contributed by atoms with E-state index in [1.807, 2.05) is 0 Å². The van der Waals surface area contributed by atoms with Gasteiger partial charge in [-0.2, -0.15) is 0 Å². The number of sulfonamides is 1. The Morgan fingerprint density at radius 2 is 2.06 bits per heavy atom. The summed E-state index contributed by atoms with van der Waals surface area (Å²) in [6, 6.07) is 1.08. The number of hydrogen-bond donors (Lipinski definition) is 2. The van der Waals surface area contributed by atoms with E-state index in [2.05, 4.69) is 10.2 Å². The van der Waals surface area contributed by atoms with Crippen LogP contribution in [0.15, 0.2) is 0 Å². The third-order valence-corrected chi connectivity index (χ3v) is 4.42. The molecule has 0 aromatic rings. The van der Waals surface area contributed by atoms with Crippen molar-refractivity contribution >= 4 is 10.0 Å². The van der Waals surface area contributed by atoms with E-state index in [4.69, 9.17) is 5.14 Å². The normalized spacial score (nSPS) is 31.6. The molecule has 16 heavy (non-hydrogen) atoms. The maximum atomic E-state index is 10.8. The summed E-state index contributed by atoms with van der Waals surface area (Å²) in [5.41, 5.74) is 0. The fourth-order valence-electron chi connectivity index (χ4n) is 2.87. The molecule has 2 unspecified atom stereocenters. The van der Waals surface area contributed by atoms with Crippen molar-refractivity contribution in [3.8, 4) is 0 Å². The van der Waals surface area contributed by atoms with Gasteiger partial charge in [-0.05, 0) is 25.8 Å². The Bertz CT molecular complexity index is 331. The Labute approximate surface area is 97.4 Å². The molecule has 0 aliphatic carbocycles. The van der Waals surface area contributed by atoms with Crippen LogP contribution in [0.25, 0.3) is 0 Å². The number of piperidine rings is 1. The van der Waals surface area contributed by atoms with E-state index in [1.54, 1.807) is 0 Å². The molecule has 0 radical (unpaired) electrons. The molecule has 2 fully saturated rings. The van der Waals surface area contributed by atoms with E-state index in [0.717, 1.165) is 13.0 Å². The van der Waals surface area contributed by atoms with Crippen LogP contribution in [0.5, 0.6) is 0 Å². The predicted molar refractivity (Wildman–Crippen MR) is 63.6 cm³/mol. The maximum Gasteiger partial charge on any atom is 0.210 e. The lowest BCUT2D eigenvalue weighted by Gasteiger charge is -2.32. The Morgan fingerprint density at radius 1 is 1.25 bits per heavy atom. The summed E-state index contributed by atoms with van der Waals surface area (Å²) >= 11 is 0. The lowest BCUT2D eigenvalue weighted by molar-refractivity contribution is 0.181. The van der Waals surface area contributed by atoms with Crippen molar-refractivity contribution in [3.63, 3.8) is 0 Å². The highest BCUT2D eigenvalue weighted by Gasteiger charge is 2.34. The first-order chi connectivity index (χ1) is 7.56. The van der Waals surface area contributed by atoms with Crippen LogP contribution in [-0.4, -0.2) is 50.8 Å². The molecule has 2 aliphatic heterocycles. The van der Waals surface area contributed by atoms with Gasteiger partial charge in [-0.15, -0.1) is 0 Å². The number of nitrogens with zero attached hydrogens (tertiary/aromatic N) is 1. The average molecular weight is 247 g/mol. The summed E-state index contributed by atoms with van der Waals surface area (Å²) in [6.45, 7) is 2.84. The zero-order valence-corrected chi connectivity index (χ0v) is 10.4. The van der Waals surface area contributed by atoms with Gasteiger partial charge in [0.25, 0.3) is 0 Å². The molecule has 0 aromatic carbocycles. The van der Waals surface area contributed by atoms with Crippen LogP contribution in [0, 0.1) is 0 Å². The summed E-state index contributed by atoms with van der Waals surface area (Å²) in [6.07, 6.45) is 4.98. The summed E-state index contributed by atoms with van der Waals surface area (Å²) in [4.78, 5) is 2.53. The molecule has 3 N–H and O–H groups in total. The monoisotopic (exact) mass is 247 g/mol. The van der Waals surface area contributed by atoms with E-state index < -0.39 is 10.0 Å². The van der Waals surface area contributed by atoms with Crippen molar-refractivity contribution in [2.24, 2.45) is 5.14 Å². The third kappa shape index (κ3) is 3.16.